The third-order valence-corrected chi connectivity index (χ3v) is 1.88. The Labute approximate surface area is 69.7 Å². The molecule has 1 aromatic rings. The second-order valence-electron chi connectivity index (χ2n) is 1.16. The number of thiazole rings is 1. The van der Waals surface area contributed by atoms with Crippen molar-refractivity contribution in [2.75, 3.05) is 0 Å². The lowest BCUT2D eigenvalue weighted by Crippen LogP contribution is -1.76. The molecule has 0 spiro atoms. The van der Waals surface area contributed by atoms with E-state index in [-0.39, 0.29) is 0 Å². The van der Waals surface area contributed by atoms with Crippen LogP contribution < -0.4 is 0 Å². The molecule has 0 saturated heterocycles. The molecular formula is C6H9NOS2. The molecule has 0 aliphatic heterocycles. The lowest BCUT2D eigenvalue weighted by Gasteiger charge is -1.76. The molecule has 0 aliphatic carbocycles. The van der Waals surface area contributed by atoms with E-state index in [1.807, 2.05) is 13.8 Å². The van der Waals surface area contributed by atoms with Crippen LogP contribution in [0, 0.1) is 0 Å². The highest BCUT2D eigenvalue weighted by molar-refractivity contribution is 7.82. The van der Waals surface area contributed by atoms with E-state index in [4.69, 9.17) is 0 Å². The molecule has 1 rings (SSSR count). The number of rotatable bonds is 1. The molecule has 0 atom stereocenters. The van der Waals surface area contributed by atoms with E-state index in [0.717, 1.165) is 0 Å². The number of hydrogen-bond donors (Lipinski definition) is 1. The van der Waals surface area contributed by atoms with Crippen molar-refractivity contribution >= 4 is 30.3 Å². The SMILES string of the molecule is CC.O=Cc1ncsc1S. The number of carbonyl (C=O) groups excluding carboxylic acids is 1. The molecule has 0 fully saturated rings. The number of nitrogens with zero attached hydrogens (tertiary/aromatic N) is 1. The zero-order valence-corrected chi connectivity index (χ0v) is 7.58. The van der Waals surface area contributed by atoms with Crippen molar-refractivity contribution < 1.29 is 4.79 Å². The van der Waals surface area contributed by atoms with Gasteiger partial charge in [0.05, 0.1) is 9.72 Å². The fourth-order valence-corrected chi connectivity index (χ4v) is 1.07. The van der Waals surface area contributed by atoms with E-state index >= 15 is 0 Å². The lowest BCUT2D eigenvalue weighted by molar-refractivity contribution is 0.111. The van der Waals surface area contributed by atoms with Crippen molar-refractivity contribution in [2.24, 2.45) is 0 Å². The maximum Gasteiger partial charge on any atom is 0.170 e. The average Bonchev–Trinajstić information content (AvgIpc) is 2.39. The Hall–Kier alpha value is -0.350. The first kappa shape index (κ1) is 9.65. The van der Waals surface area contributed by atoms with Crippen LogP contribution in [0.5, 0.6) is 0 Å². The summed E-state index contributed by atoms with van der Waals surface area (Å²) in [5.41, 5.74) is 2.02. The van der Waals surface area contributed by atoms with Crippen molar-refractivity contribution in [1.82, 2.24) is 4.98 Å². The van der Waals surface area contributed by atoms with Crippen LogP contribution in [0.3, 0.4) is 0 Å². The highest BCUT2D eigenvalue weighted by Gasteiger charge is 1.96. The summed E-state index contributed by atoms with van der Waals surface area (Å²) in [6.45, 7) is 4.00. The number of carbonyl (C=O) groups is 1. The van der Waals surface area contributed by atoms with E-state index in [1.165, 1.54) is 11.3 Å². The Balaban J connectivity index is 0.000000371. The molecule has 2 nitrogen and oxygen atoms in total. The number of hydrogen-bond acceptors (Lipinski definition) is 4. The van der Waals surface area contributed by atoms with Gasteiger partial charge in [-0.1, -0.05) is 13.8 Å². The van der Waals surface area contributed by atoms with Crippen molar-refractivity contribution in [1.29, 1.82) is 0 Å². The normalized spacial score (nSPS) is 7.90. The predicted octanol–water partition coefficient (Wildman–Crippen LogP) is 2.27. The van der Waals surface area contributed by atoms with Crippen molar-refractivity contribution in [3.8, 4) is 0 Å². The minimum atomic E-state index is 0.429. The summed E-state index contributed by atoms with van der Waals surface area (Å²) in [5.74, 6) is 0. The van der Waals surface area contributed by atoms with Crippen LogP contribution in [0.15, 0.2) is 9.72 Å². The minimum Gasteiger partial charge on any atom is -0.296 e. The molecule has 56 valence electrons. The first-order chi connectivity index (χ1) is 4.84. The van der Waals surface area contributed by atoms with Crippen LogP contribution in [0.4, 0.5) is 0 Å². The summed E-state index contributed by atoms with van der Waals surface area (Å²) in [4.78, 5) is 13.7. The van der Waals surface area contributed by atoms with Crippen LogP contribution in [0.1, 0.15) is 24.3 Å². The summed E-state index contributed by atoms with van der Waals surface area (Å²) in [7, 11) is 0. The third-order valence-electron chi connectivity index (χ3n) is 0.687. The summed E-state index contributed by atoms with van der Waals surface area (Å²) in [6, 6.07) is 0. The van der Waals surface area contributed by atoms with Gasteiger partial charge in [0.25, 0.3) is 0 Å². The summed E-state index contributed by atoms with van der Waals surface area (Å²) in [5, 5.41) is 0. The van der Waals surface area contributed by atoms with Gasteiger partial charge in [0.2, 0.25) is 0 Å². The van der Waals surface area contributed by atoms with Gasteiger partial charge in [0.1, 0.15) is 5.69 Å². The molecule has 0 saturated carbocycles. The lowest BCUT2D eigenvalue weighted by atomic mass is 10.6. The van der Waals surface area contributed by atoms with E-state index < -0.39 is 0 Å². The first-order valence-corrected chi connectivity index (χ1v) is 4.25. The molecule has 0 bridgehead atoms. The molecule has 1 aromatic heterocycles. The summed E-state index contributed by atoms with van der Waals surface area (Å²) in [6.07, 6.45) is 0.693. The standard InChI is InChI=1S/C4H3NOS2.C2H6/c6-1-3-4(7)8-2-5-3;1-2/h1-2,7H;1-2H3. The number of aromatic nitrogens is 1. The van der Waals surface area contributed by atoms with Crippen LogP contribution in [-0.4, -0.2) is 11.3 Å². The molecule has 0 radical (unpaired) electrons. The Morgan fingerprint density at radius 2 is 2.30 bits per heavy atom. The Bertz CT molecular complexity index is 197. The van der Waals surface area contributed by atoms with Gasteiger partial charge in [0, 0.05) is 0 Å². The van der Waals surface area contributed by atoms with Gasteiger partial charge in [0.15, 0.2) is 6.29 Å². The van der Waals surface area contributed by atoms with Crippen LogP contribution in [0.2, 0.25) is 0 Å². The van der Waals surface area contributed by atoms with Crippen molar-refractivity contribution in [3.63, 3.8) is 0 Å². The van der Waals surface area contributed by atoms with Crippen LogP contribution in [-0.2, 0) is 0 Å². The number of thiol groups is 1. The fourth-order valence-electron chi connectivity index (χ4n) is 0.329. The smallest absolute Gasteiger partial charge is 0.170 e. The van der Waals surface area contributed by atoms with Gasteiger partial charge in [-0.25, -0.2) is 4.98 Å². The van der Waals surface area contributed by atoms with E-state index in [2.05, 4.69) is 17.6 Å². The molecular weight excluding hydrogens is 166 g/mol. The number of aldehydes is 1. The maximum absolute atomic E-state index is 9.98. The van der Waals surface area contributed by atoms with Gasteiger partial charge in [-0.2, -0.15) is 0 Å². The highest BCUT2D eigenvalue weighted by atomic mass is 32.2. The van der Waals surface area contributed by atoms with Gasteiger partial charge in [-0.15, -0.1) is 24.0 Å². The molecule has 0 N–H and O–H groups in total. The van der Waals surface area contributed by atoms with Crippen molar-refractivity contribution in [3.05, 3.63) is 11.2 Å². The average molecular weight is 175 g/mol. The molecule has 4 heteroatoms. The third kappa shape index (κ3) is 2.49. The molecule has 10 heavy (non-hydrogen) atoms. The summed E-state index contributed by atoms with van der Waals surface area (Å²) >= 11 is 5.30. The van der Waals surface area contributed by atoms with E-state index in [0.29, 0.717) is 16.2 Å². The van der Waals surface area contributed by atoms with Crippen LogP contribution >= 0.6 is 24.0 Å². The zero-order chi connectivity index (χ0) is 7.98. The first-order valence-electron chi connectivity index (χ1n) is 2.92. The minimum absolute atomic E-state index is 0.429. The Morgan fingerprint density at radius 1 is 1.70 bits per heavy atom. The Kier molecular flexibility index (Phi) is 5.25. The molecule has 0 aromatic carbocycles. The van der Waals surface area contributed by atoms with E-state index in [1.54, 1.807) is 5.51 Å². The van der Waals surface area contributed by atoms with Gasteiger partial charge in [-0.3, -0.25) is 4.79 Å². The highest BCUT2D eigenvalue weighted by Crippen LogP contribution is 2.14. The Morgan fingerprint density at radius 3 is 2.50 bits per heavy atom. The van der Waals surface area contributed by atoms with Crippen LogP contribution in [0.25, 0.3) is 0 Å². The molecule has 0 unspecified atom stereocenters. The van der Waals surface area contributed by atoms with Gasteiger partial charge < -0.3 is 0 Å². The van der Waals surface area contributed by atoms with Gasteiger partial charge >= 0.3 is 0 Å². The quantitative estimate of drug-likeness (QED) is 0.524. The maximum atomic E-state index is 9.98. The predicted molar refractivity (Wildman–Crippen MR) is 46.1 cm³/mol. The molecule has 0 aliphatic rings. The second kappa shape index (κ2) is 5.44. The molecule has 1 heterocycles. The molecule has 0 amide bonds. The summed E-state index contributed by atoms with van der Waals surface area (Å²) < 4.78 is 0.681. The zero-order valence-electron chi connectivity index (χ0n) is 5.87. The monoisotopic (exact) mass is 175 g/mol. The topological polar surface area (TPSA) is 30.0 Å². The van der Waals surface area contributed by atoms with Gasteiger partial charge in [-0.05, 0) is 0 Å². The van der Waals surface area contributed by atoms with Crippen molar-refractivity contribution in [2.45, 2.75) is 18.1 Å². The second-order valence-corrected chi connectivity index (χ2v) is 2.77. The fraction of sp³-hybridized carbons (Fsp3) is 0.333. The largest absolute Gasteiger partial charge is 0.296 e. The van der Waals surface area contributed by atoms with E-state index in [9.17, 15) is 4.79 Å².